The predicted octanol–water partition coefficient (Wildman–Crippen LogP) is 12.1. The zero-order valence-electron chi connectivity index (χ0n) is 30.2. The van der Waals surface area contributed by atoms with Crippen LogP contribution in [-0.2, 0) is 0 Å². The summed E-state index contributed by atoms with van der Waals surface area (Å²) in [7, 11) is 1.40. The fourth-order valence-corrected chi connectivity index (χ4v) is 13.4. The van der Waals surface area contributed by atoms with Crippen molar-refractivity contribution in [3.05, 3.63) is 115 Å². The van der Waals surface area contributed by atoms with Crippen LogP contribution in [0.2, 0.25) is 16.6 Å². The lowest BCUT2D eigenvalue weighted by Crippen LogP contribution is -2.43. The van der Waals surface area contributed by atoms with Gasteiger partial charge in [-0.2, -0.15) is 0 Å². The number of anilines is 3. The molecule has 4 aromatic carbocycles. The van der Waals surface area contributed by atoms with E-state index in [1.807, 2.05) is 48.5 Å². The summed E-state index contributed by atoms with van der Waals surface area (Å²) in [5.41, 5.74) is 13.1. The van der Waals surface area contributed by atoms with Crippen molar-refractivity contribution in [3.8, 4) is 44.0 Å². The van der Waals surface area contributed by atoms with Crippen molar-refractivity contribution in [1.29, 1.82) is 0 Å². The van der Waals surface area contributed by atoms with Gasteiger partial charge in [-0.1, -0.05) is 71.7 Å². The van der Waals surface area contributed by atoms with Gasteiger partial charge >= 0.3 is 0 Å². The first kappa shape index (κ1) is 34.9. The maximum Gasteiger partial charge on any atom is 0.146 e. The normalized spacial score (nSPS) is 11.6. The standard InChI is InChI=1S/C43H45N3O2SSi/c1-29(2)50(30(3)4,31(5)6)28-27-40-43(45-39-12-10-9-11-38(39)44-40)42-26-25-41(49-42)32-13-15-33(16-14-32)46(34-17-21-36(47-7)22-18-34)35-19-23-37(48-8)24-20-35/h9-26,29-31H,1-8H3. The molecular weight excluding hydrogens is 651 g/mol. The van der Waals surface area contributed by atoms with E-state index >= 15 is 0 Å². The number of para-hydroxylation sites is 2. The van der Waals surface area contributed by atoms with Gasteiger partial charge in [0.15, 0.2) is 0 Å². The van der Waals surface area contributed by atoms with Crippen molar-refractivity contribution in [2.24, 2.45) is 0 Å². The fraction of sp³-hybridized carbons (Fsp3) is 0.256. The highest BCUT2D eigenvalue weighted by Gasteiger charge is 2.41. The van der Waals surface area contributed by atoms with E-state index in [9.17, 15) is 0 Å². The first-order chi connectivity index (χ1) is 24.1. The average Bonchev–Trinajstić information content (AvgIpc) is 3.62. The molecular formula is C43H45N3O2SSi. The third-order valence-electron chi connectivity index (χ3n) is 9.74. The van der Waals surface area contributed by atoms with Crippen LogP contribution in [0.1, 0.15) is 47.2 Å². The van der Waals surface area contributed by atoms with Gasteiger partial charge in [-0.15, -0.1) is 16.9 Å². The van der Waals surface area contributed by atoms with Gasteiger partial charge in [0.25, 0.3) is 0 Å². The van der Waals surface area contributed by atoms with Crippen LogP contribution in [0.25, 0.3) is 32.0 Å². The second-order valence-corrected chi connectivity index (χ2v) is 20.2. The molecule has 2 heterocycles. The smallest absolute Gasteiger partial charge is 0.146 e. The van der Waals surface area contributed by atoms with Crippen LogP contribution in [0, 0.1) is 11.5 Å². The number of hydrogen-bond donors (Lipinski definition) is 0. The summed E-state index contributed by atoms with van der Waals surface area (Å²) < 4.78 is 10.9. The van der Waals surface area contributed by atoms with Crippen molar-refractivity contribution >= 4 is 47.5 Å². The van der Waals surface area contributed by atoms with E-state index in [2.05, 4.69) is 119 Å². The third kappa shape index (κ3) is 6.91. The van der Waals surface area contributed by atoms with Crippen molar-refractivity contribution in [2.75, 3.05) is 19.1 Å². The SMILES string of the molecule is COc1ccc(N(c2ccc(OC)cc2)c2ccc(-c3ccc(-c4nc5ccccc5nc4C#C[Si](C(C)C)(C(C)C)C(C)C)s3)cc2)cc1. The molecule has 0 amide bonds. The summed E-state index contributed by atoms with van der Waals surface area (Å²) in [6.07, 6.45) is 0. The molecule has 6 aromatic rings. The van der Waals surface area contributed by atoms with Gasteiger partial charge in [0, 0.05) is 21.9 Å². The largest absolute Gasteiger partial charge is 0.497 e. The van der Waals surface area contributed by atoms with Gasteiger partial charge in [-0.3, -0.25) is 0 Å². The van der Waals surface area contributed by atoms with Crippen LogP contribution in [-0.4, -0.2) is 32.3 Å². The number of nitrogens with zero attached hydrogens (tertiary/aromatic N) is 3. The van der Waals surface area contributed by atoms with E-state index in [-0.39, 0.29) is 0 Å². The van der Waals surface area contributed by atoms with E-state index in [1.165, 1.54) is 0 Å². The summed E-state index contributed by atoms with van der Waals surface area (Å²) >= 11 is 1.73. The number of fused-ring (bicyclic) bond motifs is 1. The Labute approximate surface area is 302 Å². The predicted molar refractivity (Wildman–Crippen MR) is 214 cm³/mol. The lowest BCUT2D eigenvalue weighted by molar-refractivity contribution is 0.415. The summed E-state index contributed by atoms with van der Waals surface area (Å²) in [5, 5.41) is 0. The maximum absolute atomic E-state index is 5.43. The molecule has 0 fully saturated rings. The van der Waals surface area contributed by atoms with Crippen molar-refractivity contribution < 1.29 is 9.47 Å². The minimum absolute atomic E-state index is 0.536. The number of methoxy groups -OCH3 is 2. The molecule has 0 spiro atoms. The van der Waals surface area contributed by atoms with Gasteiger partial charge in [0.2, 0.25) is 0 Å². The number of benzene rings is 4. The molecule has 0 radical (unpaired) electrons. The minimum Gasteiger partial charge on any atom is -0.497 e. The van der Waals surface area contributed by atoms with Crippen molar-refractivity contribution in [1.82, 2.24) is 9.97 Å². The van der Waals surface area contributed by atoms with Gasteiger partial charge in [0.1, 0.15) is 31.0 Å². The van der Waals surface area contributed by atoms with Crippen LogP contribution in [0.5, 0.6) is 11.5 Å². The Morgan fingerprint density at radius 1 is 0.580 bits per heavy atom. The highest BCUT2D eigenvalue weighted by molar-refractivity contribution is 7.18. The van der Waals surface area contributed by atoms with Crippen LogP contribution in [0.15, 0.2) is 109 Å². The molecule has 0 saturated carbocycles. The van der Waals surface area contributed by atoms with E-state index in [0.717, 1.165) is 66.3 Å². The lowest BCUT2D eigenvalue weighted by atomic mass is 10.1. The average molecular weight is 696 g/mol. The number of hydrogen-bond acceptors (Lipinski definition) is 6. The van der Waals surface area contributed by atoms with E-state index in [1.54, 1.807) is 25.6 Å². The summed E-state index contributed by atoms with van der Waals surface area (Å²) in [4.78, 5) is 14.7. The van der Waals surface area contributed by atoms with Crippen LogP contribution >= 0.6 is 11.3 Å². The minimum atomic E-state index is -1.96. The topological polar surface area (TPSA) is 47.5 Å². The van der Waals surface area contributed by atoms with Gasteiger partial charge in [-0.25, -0.2) is 9.97 Å². The number of ether oxygens (including phenoxy) is 2. The third-order valence-corrected chi connectivity index (χ3v) is 17.2. The molecule has 0 N–H and O–H groups in total. The molecule has 0 atom stereocenters. The Balaban J connectivity index is 1.38. The molecule has 0 aliphatic heterocycles. The first-order valence-corrected chi connectivity index (χ1v) is 20.3. The van der Waals surface area contributed by atoms with E-state index in [4.69, 9.17) is 19.4 Å². The highest BCUT2D eigenvalue weighted by atomic mass is 32.1. The Morgan fingerprint density at radius 3 is 1.52 bits per heavy atom. The zero-order valence-corrected chi connectivity index (χ0v) is 32.0. The molecule has 7 heteroatoms. The Kier molecular flexibility index (Phi) is 10.4. The lowest BCUT2D eigenvalue weighted by Gasteiger charge is -2.38. The number of thiophene rings is 1. The molecule has 0 unspecified atom stereocenters. The Hall–Kier alpha value is -4.90. The summed E-state index contributed by atoms with van der Waals surface area (Å²) in [6.45, 7) is 14.1. The Bertz CT molecular complexity index is 2060. The first-order valence-electron chi connectivity index (χ1n) is 17.2. The van der Waals surface area contributed by atoms with Gasteiger partial charge < -0.3 is 14.4 Å². The van der Waals surface area contributed by atoms with E-state index in [0.29, 0.717) is 16.6 Å². The molecule has 2 aromatic heterocycles. The number of rotatable bonds is 10. The van der Waals surface area contributed by atoms with E-state index < -0.39 is 8.07 Å². The molecule has 254 valence electrons. The quantitative estimate of drug-likeness (QED) is 0.105. The summed E-state index contributed by atoms with van der Waals surface area (Å²) in [5.74, 6) is 5.26. The monoisotopic (exact) mass is 695 g/mol. The van der Waals surface area contributed by atoms with Crippen LogP contribution in [0.3, 0.4) is 0 Å². The molecule has 0 saturated heterocycles. The zero-order chi connectivity index (χ0) is 35.4. The maximum atomic E-state index is 5.43. The molecule has 0 bridgehead atoms. The molecule has 0 aliphatic rings. The summed E-state index contributed by atoms with van der Waals surface area (Å²) in [6, 6.07) is 37.4. The molecule has 50 heavy (non-hydrogen) atoms. The van der Waals surface area contributed by atoms with Crippen LogP contribution in [0.4, 0.5) is 17.1 Å². The number of aromatic nitrogens is 2. The van der Waals surface area contributed by atoms with Gasteiger partial charge in [0.05, 0.1) is 30.1 Å². The van der Waals surface area contributed by atoms with Crippen molar-refractivity contribution in [2.45, 2.75) is 58.2 Å². The second kappa shape index (κ2) is 14.9. The van der Waals surface area contributed by atoms with Crippen molar-refractivity contribution in [3.63, 3.8) is 0 Å². The highest BCUT2D eigenvalue weighted by Crippen LogP contribution is 2.42. The molecule has 6 rings (SSSR count). The Morgan fingerprint density at radius 2 is 1.04 bits per heavy atom. The second-order valence-electron chi connectivity index (χ2n) is 13.5. The van der Waals surface area contributed by atoms with Gasteiger partial charge in [-0.05, 0) is 107 Å². The molecule has 5 nitrogen and oxygen atoms in total. The van der Waals surface area contributed by atoms with Crippen LogP contribution < -0.4 is 14.4 Å². The molecule has 0 aliphatic carbocycles. The fourth-order valence-electron chi connectivity index (χ4n) is 7.16.